The number of fused-ring (bicyclic) bond motifs is 7. The van der Waals surface area contributed by atoms with Crippen LogP contribution in [0.3, 0.4) is 0 Å². The summed E-state index contributed by atoms with van der Waals surface area (Å²) in [6.45, 7) is 0. The normalized spacial score (nSPS) is 11.6. The maximum atomic E-state index is 2.41. The molecule has 0 aliphatic heterocycles. The number of para-hydroxylation sites is 2. The van der Waals surface area contributed by atoms with E-state index in [1.165, 1.54) is 86.1 Å². The molecule has 0 unspecified atom stereocenters. The second-order valence-corrected chi connectivity index (χ2v) is 16.7. The average Bonchev–Trinajstić information content (AvgIpc) is 3.88. The van der Waals surface area contributed by atoms with Crippen LogP contribution in [0.1, 0.15) is 0 Å². The molecular formula is C58H38N2S. The summed E-state index contributed by atoms with van der Waals surface area (Å²) in [5.41, 5.74) is 14.2. The van der Waals surface area contributed by atoms with Crippen LogP contribution in [0.2, 0.25) is 0 Å². The van der Waals surface area contributed by atoms with Crippen molar-refractivity contribution in [2.45, 2.75) is 0 Å². The van der Waals surface area contributed by atoms with Crippen molar-refractivity contribution in [1.82, 2.24) is 4.57 Å². The van der Waals surface area contributed by atoms with E-state index in [1.807, 2.05) is 11.3 Å². The van der Waals surface area contributed by atoms with Crippen LogP contribution in [0, 0.1) is 0 Å². The van der Waals surface area contributed by atoms with Crippen molar-refractivity contribution in [2.75, 3.05) is 4.90 Å². The summed E-state index contributed by atoms with van der Waals surface area (Å²) >= 11 is 1.88. The zero-order valence-corrected chi connectivity index (χ0v) is 34.1. The lowest BCUT2D eigenvalue weighted by Crippen LogP contribution is -2.10. The van der Waals surface area contributed by atoms with Gasteiger partial charge in [-0.2, -0.15) is 0 Å². The Morgan fingerprint density at radius 1 is 0.344 bits per heavy atom. The van der Waals surface area contributed by atoms with Gasteiger partial charge < -0.3 is 9.47 Å². The molecule has 0 saturated carbocycles. The minimum absolute atomic E-state index is 1.10. The van der Waals surface area contributed by atoms with E-state index in [2.05, 4.69) is 240 Å². The van der Waals surface area contributed by atoms with Gasteiger partial charge in [0.1, 0.15) is 0 Å². The molecule has 286 valence electrons. The van der Waals surface area contributed by atoms with Gasteiger partial charge in [0.05, 0.1) is 11.0 Å². The van der Waals surface area contributed by atoms with Crippen LogP contribution in [0.5, 0.6) is 0 Å². The zero-order chi connectivity index (χ0) is 40.3. The first-order chi connectivity index (χ1) is 30.3. The molecule has 12 aromatic rings. The lowest BCUT2D eigenvalue weighted by molar-refractivity contribution is 1.17. The van der Waals surface area contributed by atoms with Gasteiger partial charge >= 0.3 is 0 Å². The minimum Gasteiger partial charge on any atom is -0.311 e. The topological polar surface area (TPSA) is 8.17 Å². The number of thiophene rings is 1. The number of aromatic nitrogens is 1. The predicted octanol–water partition coefficient (Wildman–Crippen LogP) is 16.8. The van der Waals surface area contributed by atoms with Crippen LogP contribution >= 0.6 is 11.3 Å². The molecule has 2 nitrogen and oxygen atoms in total. The van der Waals surface area contributed by atoms with E-state index in [0.29, 0.717) is 0 Å². The van der Waals surface area contributed by atoms with Crippen LogP contribution < -0.4 is 4.90 Å². The van der Waals surface area contributed by atoms with Gasteiger partial charge in [0, 0.05) is 53.7 Å². The van der Waals surface area contributed by atoms with E-state index in [1.54, 1.807) is 0 Å². The summed E-state index contributed by atoms with van der Waals surface area (Å²) in [7, 11) is 0. The number of rotatable bonds is 7. The van der Waals surface area contributed by atoms with Crippen LogP contribution in [0.15, 0.2) is 231 Å². The van der Waals surface area contributed by atoms with Gasteiger partial charge in [-0.15, -0.1) is 11.3 Å². The summed E-state index contributed by atoms with van der Waals surface area (Å²) in [5, 5.41) is 7.66. The SMILES string of the molecule is c1ccc(-c2cccc3cccc(-c4ccc(N(c5ccccc5)c5ccc(-n6c7ccccc7c7cc(-c8cccc9c8sc8ccccc89)ccc76)cc5)cc4)c23)cc1. The third-order valence-corrected chi connectivity index (χ3v) is 13.4. The molecule has 61 heavy (non-hydrogen) atoms. The maximum Gasteiger partial charge on any atom is 0.0541 e. The van der Waals surface area contributed by atoms with Gasteiger partial charge in [0.25, 0.3) is 0 Å². The summed E-state index contributed by atoms with van der Waals surface area (Å²) < 4.78 is 5.08. The molecule has 0 aliphatic rings. The summed E-state index contributed by atoms with van der Waals surface area (Å²) in [6.07, 6.45) is 0. The van der Waals surface area contributed by atoms with Crippen LogP contribution in [0.4, 0.5) is 17.1 Å². The molecular weight excluding hydrogens is 757 g/mol. The second-order valence-electron chi connectivity index (χ2n) is 15.7. The molecule has 10 aromatic carbocycles. The lowest BCUT2D eigenvalue weighted by Gasteiger charge is -2.26. The van der Waals surface area contributed by atoms with Gasteiger partial charge in [-0.25, -0.2) is 0 Å². The highest BCUT2D eigenvalue weighted by molar-refractivity contribution is 7.26. The molecule has 0 bridgehead atoms. The first kappa shape index (κ1) is 35.2. The molecule has 0 spiro atoms. The highest BCUT2D eigenvalue weighted by Gasteiger charge is 2.18. The van der Waals surface area contributed by atoms with Crippen molar-refractivity contribution >= 4 is 81.1 Å². The Hall–Kier alpha value is -7.72. The van der Waals surface area contributed by atoms with Crippen molar-refractivity contribution < 1.29 is 0 Å². The summed E-state index contributed by atoms with van der Waals surface area (Å²) in [6, 6.07) is 84.0. The molecule has 0 fully saturated rings. The summed E-state index contributed by atoms with van der Waals surface area (Å²) in [5.74, 6) is 0. The third kappa shape index (κ3) is 5.93. The Labute approximate surface area is 358 Å². The zero-order valence-electron chi connectivity index (χ0n) is 33.2. The van der Waals surface area contributed by atoms with E-state index in [-0.39, 0.29) is 0 Å². The highest BCUT2D eigenvalue weighted by atomic mass is 32.1. The number of nitrogens with zero attached hydrogens (tertiary/aromatic N) is 2. The van der Waals surface area contributed by atoms with Crippen molar-refractivity contribution in [2.24, 2.45) is 0 Å². The fraction of sp³-hybridized carbons (Fsp3) is 0. The van der Waals surface area contributed by atoms with Crippen molar-refractivity contribution in [3.05, 3.63) is 231 Å². The Balaban J connectivity index is 0.932. The van der Waals surface area contributed by atoms with Gasteiger partial charge in [-0.05, 0) is 117 Å². The molecule has 2 heterocycles. The van der Waals surface area contributed by atoms with Crippen LogP contribution in [0.25, 0.3) is 91.8 Å². The Kier molecular flexibility index (Phi) is 8.39. The molecule has 12 rings (SSSR count). The molecule has 0 radical (unpaired) electrons. The number of hydrogen-bond donors (Lipinski definition) is 0. The molecule has 0 amide bonds. The van der Waals surface area contributed by atoms with Crippen LogP contribution in [-0.2, 0) is 0 Å². The second kappa shape index (κ2) is 14.5. The predicted molar refractivity (Wildman–Crippen MR) is 262 cm³/mol. The van der Waals surface area contributed by atoms with E-state index in [4.69, 9.17) is 0 Å². The Morgan fingerprint density at radius 3 is 1.64 bits per heavy atom. The standard InChI is InChI=1S/C58H38N2S/c1-3-14-39(15-4-1)47-22-11-16-41-17-12-23-48(57(41)47)40-28-31-44(32-29-40)59(43-18-5-2-6-19-43)45-33-35-46(36-34-45)60-54-26-9-7-20-50(54)53-38-42(30-37-55(53)60)49-24-13-25-52-51-21-8-10-27-56(51)61-58(49)52/h1-38H. The van der Waals surface area contributed by atoms with Gasteiger partial charge in [-0.1, -0.05) is 158 Å². The fourth-order valence-electron chi connectivity index (χ4n) is 9.40. The molecule has 0 N–H and O–H groups in total. The van der Waals surface area contributed by atoms with Gasteiger partial charge in [-0.3, -0.25) is 0 Å². The van der Waals surface area contributed by atoms with Crippen molar-refractivity contribution in [3.63, 3.8) is 0 Å². The van der Waals surface area contributed by atoms with Gasteiger partial charge in [0.2, 0.25) is 0 Å². The maximum absolute atomic E-state index is 2.41. The monoisotopic (exact) mass is 794 g/mol. The van der Waals surface area contributed by atoms with Crippen LogP contribution in [-0.4, -0.2) is 4.57 Å². The number of anilines is 3. The smallest absolute Gasteiger partial charge is 0.0541 e. The van der Waals surface area contributed by atoms with Crippen molar-refractivity contribution in [3.8, 4) is 39.1 Å². The largest absolute Gasteiger partial charge is 0.311 e. The third-order valence-electron chi connectivity index (χ3n) is 12.2. The van der Waals surface area contributed by atoms with E-state index in [9.17, 15) is 0 Å². The summed E-state index contributed by atoms with van der Waals surface area (Å²) in [4.78, 5) is 2.35. The van der Waals surface area contributed by atoms with Gasteiger partial charge in [0.15, 0.2) is 0 Å². The van der Waals surface area contributed by atoms with E-state index < -0.39 is 0 Å². The lowest BCUT2D eigenvalue weighted by atomic mass is 9.91. The first-order valence-corrected chi connectivity index (χ1v) is 21.7. The molecule has 0 aliphatic carbocycles. The average molecular weight is 795 g/mol. The first-order valence-electron chi connectivity index (χ1n) is 20.8. The molecule has 2 aromatic heterocycles. The molecule has 0 saturated heterocycles. The molecule has 3 heteroatoms. The highest BCUT2D eigenvalue weighted by Crippen LogP contribution is 2.43. The van der Waals surface area contributed by atoms with E-state index in [0.717, 1.165) is 22.7 Å². The quantitative estimate of drug-likeness (QED) is 0.156. The Bertz CT molecular complexity index is 3560. The Morgan fingerprint density at radius 2 is 0.885 bits per heavy atom. The molecule has 0 atom stereocenters. The van der Waals surface area contributed by atoms with E-state index >= 15 is 0 Å². The fourth-order valence-corrected chi connectivity index (χ4v) is 10.6. The minimum atomic E-state index is 1.10. The number of benzene rings is 10. The van der Waals surface area contributed by atoms with Crippen molar-refractivity contribution in [1.29, 1.82) is 0 Å². The number of hydrogen-bond acceptors (Lipinski definition) is 2.